The summed E-state index contributed by atoms with van der Waals surface area (Å²) in [5.74, 6) is -1.49. The lowest BCUT2D eigenvalue weighted by atomic mass is 10.2. The maximum atomic E-state index is 11.8. The molecule has 6 heteroatoms. The van der Waals surface area contributed by atoms with E-state index in [1.165, 1.54) is 11.8 Å². The minimum atomic E-state index is -1.02. The maximum Gasteiger partial charge on any atom is 0.320 e. The number of nitrogens with one attached hydrogen (secondary N) is 1. The fourth-order valence-electron chi connectivity index (χ4n) is 1.87. The summed E-state index contributed by atoms with van der Waals surface area (Å²) < 4.78 is 0. The molecule has 16 heavy (non-hydrogen) atoms. The van der Waals surface area contributed by atoms with E-state index in [4.69, 9.17) is 5.11 Å². The summed E-state index contributed by atoms with van der Waals surface area (Å²) in [6.45, 7) is 1.46. The van der Waals surface area contributed by atoms with Crippen molar-refractivity contribution in [1.29, 1.82) is 0 Å². The van der Waals surface area contributed by atoms with Crippen molar-refractivity contribution >= 4 is 17.8 Å². The summed E-state index contributed by atoms with van der Waals surface area (Å²) >= 11 is 0. The van der Waals surface area contributed by atoms with Gasteiger partial charge in [0, 0.05) is 6.04 Å². The van der Waals surface area contributed by atoms with Gasteiger partial charge < -0.3 is 5.11 Å². The predicted octanol–water partition coefficient (Wildman–Crippen LogP) is -0.661. The highest BCUT2D eigenvalue weighted by Crippen LogP contribution is 2.31. The molecule has 0 aromatic rings. The zero-order valence-corrected chi connectivity index (χ0v) is 8.97. The third kappa shape index (κ3) is 1.92. The Balaban J connectivity index is 2.00. The van der Waals surface area contributed by atoms with Gasteiger partial charge in [-0.25, -0.2) is 0 Å². The van der Waals surface area contributed by atoms with Gasteiger partial charge in [-0.05, 0) is 19.8 Å². The Morgan fingerprint density at radius 2 is 2.12 bits per heavy atom. The van der Waals surface area contributed by atoms with Crippen molar-refractivity contribution in [2.24, 2.45) is 0 Å². The fourth-order valence-corrected chi connectivity index (χ4v) is 1.87. The van der Waals surface area contributed by atoms with Gasteiger partial charge in [-0.3, -0.25) is 24.6 Å². The van der Waals surface area contributed by atoms with Gasteiger partial charge in [0.05, 0.1) is 12.5 Å². The number of hydrogen-bond donors (Lipinski definition) is 2. The van der Waals surface area contributed by atoms with E-state index in [-0.39, 0.29) is 24.3 Å². The highest BCUT2D eigenvalue weighted by molar-refractivity contribution is 6.06. The summed E-state index contributed by atoms with van der Waals surface area (Å²) in [4.78, 5) is 35.3. The number of carboxylic acid groups (broad SMARTS) is 1. The van der Waals surface area contributed by atoms with Crippen LogP contribution in [0.2, 0.25) is 0 Å². The molecule has 2 aliphatic rings. The molecular weight excluding hydrogens is 212 g/mol. The molecule has 1 heterocycles. The second-order valence-corrected chi connectivity index (χ2v) is 4.32. The minimum Gasteiger partial charge on any atom is -0.480 e. The molecule has 2 fully saturated rings. The summed E-state index contributed by atoms with van der Waals surface area (Å²) in [6.07, 6.45) is 1.82. The first kappa shape index (κ1) is 11.1. The lowest BCUT2D eigenvalue weighted by Crippen LogP contribution is -2.46. The third-order valence-electron chi connectivity index (χ3n) is 2.92. The highest BCUT2D eigenvalue weighted by atomic mass is 16.4. The molecule has 0 aromatic carbocycles. The number of imide groups is 1. The first-order valence-electron chi connectivity index (χ1n) is 5.35. The Hall–Kier alpha value is -1.43. The second-order valence-electron chi connectivity index (χ2n) is 4.32. The van der Waals surface area contributed by atoms with Crippen molar-refractivity contribution in [3.63, 3.8) is 0 Å². The van der Waals surface area contributed by atoms with Gasteiger partial charge in [-0.1, -0.05) is 0 Å². The molecule has 1 saturated carbocycles. The molecule has 2 rings (SSSR count). The molecule has 2 amide bonds. The van der Waals surface area contributed by atoms with Crippen LogP contribution in [0.25, 0.3) is 0 Å². The second kappa shape index (κ2) is 3.86. The normalized spacial score (nSPS) is 27.3. The van der Waals surface area contributed by atoms with E-state index in [1.54, 1.807) is 0 Å². The van der Waals surface area contributed by atoms with Crippen LogP contribution in [0.1, 0.15) is 26.2 Å². The molecule has 2 atom stereocenters. The van der Waals surface area contributed by atoms with E-state index in [2.05, 4.69) is 5.32 Å². The van der Waals surface area contributed by atoms with Crippen LogP contribution in [0, 0.1) is 0 Å². The number of amides is 2. The molecule has 6 nitrogen and oxygen atoms in total. The van der Waals surface area contributed by atoms with Crippen molar-refractivity contribution in [2.45, 2.75) is 44.3 Å². The van der Waals surface area contributed by atoms with E-state index in [9.17, 15) is 14.4 Å². The van der Waals surface area contributed by atoms with Crippen LogP contribution < -0.4 is 5.32 Å². The van der Waals surface area contributed by atoms with E-state index >= 15 is 0 Å². The van der Waals surface area contributed by atoms with E-state index in [0.717, 1.165) is 12.8 Å². The zero-order chi connectivity index (χ0) is 11.9. The topological polar surface area (TPSA) is 86.7 Å². The summed E-state index contributed by atoms with van der Waals surface area (Å²) in [7, 11) is 0. The van der Waals surface area contributed by atoms with Crippen LogP contribution in [0.3, 0.4) is 0 Å². The molecule has 0 aromatic heterocycles. The largest absolute Gasteiger partial charge is 0.480 e. The molecule has 1 saturated heterocycles. The molecule has 1 aliphatic heterocycles. The van der Waals surface area contributed by atoms with Crippen LogP contribution in [-0.2, 0) is 14.4 Å². The molecule has 0 spiro atoms. The van der Waals surface area contributed by atoms with Crippen molar-refractivity contribution < 1.29 is 19.5 Å². The van der Waals surface area contributed by atoms with Gasteiger partial charge in [0.1, 0.15) is 6.04 Å². The van der Waals surface area contributed by atoms with E-state index in [0.29, 0.717) is 0 Å². The molecule has 1 unspecified atom stereocenters. The Labute approximate surface area is 92.6 Å². The number of carbonyl (C=O) groups excluding carboxylic acids is 2. The van der Waals surface area contributed by atoms with Gasteiger partial charge in [0.2, 0.25) is 11.8 Å². The first-order chi connectivity index (χ1) is 7.50. The Morgan fingerprint density at radius 1 is 1.50 bits per heavy atom. The number of likely N-dealkylation sites (tertiary alicyclic amines) is 1. The number of carboxylic acids is 1. The van der Waals surface area contributed by atoms with Crippen molar-refractivity contribution in [1.82, 2.24) is 10.2 Å². The van der Waals surface area contributed by atoms with Gasteiger partial charge in [-0.2, -0.15) is 0 Å². The molecular formula is C10H14N2O4. The Bertz CT molecular complexity index is 351. The van der Waals surface area contributed by atoms with Crippen LogP contribution in [0.15, 0.2) is 0 Å². The van der Waals surface area contributed by atoms with Crippen LogP contribution >= 0.6 is 0 Å². The SMILES string of the molecule is C[C@@H](NC1CC(=O)N(C2CC2)C1=O)C(=O)O. The summed E-state index contributed by atoms with van der Waals surface area (Å²) in [5.41, 5.74) is 0. The number of hydrogen-bond acceptors (Lipinski definition) is 4. The minimum absolute atomic E-state index is 0.0620. The van der Waals surface area contributed by atoms with Gasteiger partial charge in [0.15, 0.2) is 0 Å². The van der Waals surface area contributed by atoms with Gasteiger partial charge in [0.25, 0.3) is 0 Å². The van der Waals surface area contributed by atoms with E-state index in [1.807, 2.05) is 0 Å². The average Bonchev–Trinajstić information content (AvgIpc) is 2.97. The van der Waals surface area contributed by atoms with Crippen molar-refractivity contribution in [2.75, 3.05) is 0 Å². The van der Waals surface area contributed by atoms with Gasteiger partial charge >= 0.3 is 5.97 Å². The summed E-state index contributed by atoms with van der Waals surface area (Å²) in [6, 6.07) is -1.42. The standard InChI is InChI=1S/C10H14N2O4/c1-5(10(15)16)11-7-4-8(13)12(9(7)14)6-2-3-6/h5-7,11H,2-4H2,1H3,(H,15,16)/t5-,7?/m1/s1. The zero-order valence-electron chi connectivity index (χ0n) is 8.97. The van der Waals surface area contributed by atoms with Crippen molar-refractivity contribution in [3.8, 4) is 0 Å². The van der Waals surface area contributed by atoms with Crippen LogP contribution in [0.5, 0.6) is 0 Å². The third-order valence-corrected chi connectivity index (χ3v) is 2.92. The quantitative estimate of drug-likeness (QED) is 0.621. The van der Waals surface area contributed by atoms with Crippen LogP contribution in [0.4, 0.5) is 0 Å². The predicted molar refractivity (Wildman–Crippen MR) is 53.5 cm³/mol. The smallest absolute Gasteiger partial charge is 0.320 e. The highest BCUT2D eigenvalue weighted by Gasteiger charge is 2.46. The maximum absolute atomic E-state index is 11.8. The Morgan fingerprint density at radius 3 is 2.62 bits per heavy atom. The number of carbonyl (C=O) groups is 3. The molecule has 1 aliphatic carbocycles. The number of nitrogens with zero attached hydrogens (tertiary/aromatic N) is 1. The van der Waals surface area contributed by atoms with Crippen molar-refractivity contribution in [3.05, 3.63) is 0 Å². The molecule has 2 N–H and O–H groups in total. The lowest BCUT2D eigenvalue weighted by Gasteiger charge is -2.16. The summed E-state index contributed by atoms with van der Waals surface area (Å²) in [5, 5.41) is 11.4. The Kier molecular flexibility index (Phi) is 2.67. The average molecular weight is 226 g/mol. The molecule has 88 valence electrons. The number of aliphatic carboxylic acids is 1. The number of rotatable bonds is 4. The monoisotopic (exact) mass is 226 g/mol. The fraction of sp³-hybridized carbons (Fsp3) is 0.700. The first-order valence-corrected chi connectivity index (χ1v) is 5.35. The van der Waals surface area contributed by atoms with Gasteiger partial charge in [-0.15, -0.1) is 0 Å². The lowest BCUT2D eigenvalue weighted by molar-refractivity contribution is -0.140. The molecule has 0 bridgehead atoms. The molecule has 0 radical (unpaired) electrons. The van der Waals surface area contributed by atoms with Crippen LogP contribution in [-0.4, -0.2) is 45.9 Å². The van der Waals surface area contributed by atoms with E-state index < -0.39 is 18.1 Å².